The van der Waals surface area contributed by atoms with Crippen molar-refractivity contribution in [2.45, 2.75) is 44.2 Å². The molecule has 2 N–H and O–H groups in total. The maximum atomic E-state index is 9.90. The molecule has 19 heavy (non-hydrogen) atoms. The van der Waals surface area contributed by atoms with Crippen LogP contribution in [0.4, 0.5) is 0 Å². The molecule has 0 amide bonds. The second kappa shape index (κ2) is 6.53. The molecule has 1 aliphatic carbocycles. The van der Waals surface area contributed by atoms with Gasteiger partial charge in [0, 0.05) is 19.1 Å². The molecule has 0 spiro atoms. The van der Waals surface area contributed by atoms with Crippen molar-refractivity contribution in [1.82, 2.24) is 15.1 Å². The van der Waals surface area contributed by atoms with Crippen LogP contribution < -0.4 is 5.32 Å². The quantitative estimate of drug-likeness (QED) is 0.747. The molecule has 0 aromatic rings. The molecular formula is C15H31N3O. The van der Waals surface area contributed by atoms with E-state index in [0.29, 0.717) is 12.0 Å². The highest BCUT2D eigenvalue weighted by molar-refractivity contribution is 5.03. The summed E-state index contributed by atoms with van der Waals surface area (Å²) in [6, 6.07) is 0.630. The van der Waals surface area contributed by atoms with Gasteiger partial charge in [-0.05, 0) is 58.8 Å². The fraction of sp³-hybridized carbons (Fsp3) is 1.00. The Morgan fingerprint density at radius 2 is 2.05 bits per heavy atom. The highest BCUT2D eigenvalue weighted by atomic mass is 16.3. The third-order valence-corrected chi connectivity index (χ3v) is 5.12. The normalized spacial score (nSPS) is 30.0. The largest absolute Gasteiger partial charge is 0.394 e. The number of aliphatic hydroxyl groups excluding tert-OH is 1. The zero-order chi connectivity index (χ0) is 13.9. The number of rotatable bonds is 6. The van der Waals surface area contributed by atoms with Crippen molar-refractivity contribution in [2.24, 2.45) is 5.92 Å². The van der Waals surface area contributed by atoms with Gasteiger partial charge >= 0.3 is 0 Å². The van der Waals surface area contributed by atoms with E-state index in [1.54, 1.807) is 0 Å². The van der Waals surface area contributed by atoms with Gasteiger partial charge in [0.25, 0.3) is 0 Å². The van der Waals surface area contributed by atoms with Crippen LogP contribution in [-0.2, 0) is 0 Å². The fourth-order valence-electron chi connectivity index (χ4n) is 3.56. The number of hydrogen-bond donors (Lipinski definition) is 2. The highest BCUT2D eigenvalue weighted by Gasteiger charge is 2.45. The van der Waals surface area contributed by atoms with E-state index >= 15 is 0 Å². The van der Waals surface area contributed by atoms with Crippen LogP contribution >= 0.6 is 0 Å². The summed E-state index contributed by atoms with van der Waals surface area (Å²) < 4.78 is 0. The van der Waals surface area contributed by atoms with Gasteiger partial charge in [0.05, 0.1) is 12.1 Å². The minimum Gasteiger partial charge on any atom is -0.394 e. The molecule has 1 heterocycles. The first kappa shape index (κ1) is 15.2. The Hall–Kier alpha value is -0.160. The Labute approximate surface area is 118 Å². The van der Waals surface area contributed by atoms with E-state index in [0.717, 1.165) is 13.1 Å². The topological polar surface area (TPSA) is 38.7 Å². The van der Waals surface area contributed by atoms with Crippen molar-refractivity contribution in [2.75, 3.05) is 46.9 Å². The lowest BCUT2D eigenvalue weighted by Gasteiger charge is -2.40. The van der Waals surface area contributed by atoms with Crippen LogP contribution in [0.3, 0.4) is 0 Å². The Bertz CT molecular complexity index is 277. The van der Waals surface area contributed by atoms with Gasteiger partial charge in [-0.15, -0.1) is 0 Å². The highest BCUT2D eigenvalue weighted by Crippen LogP contribution is 2.40. The average molecular weight is 269 g/mol. The van der Waals surface area contributed by atoms with Crippen LogP contribution in [0.25, 0.3) is 0 Å². The number of aliphatic hydroxyl groups is 1. The van der Waals surface area contributed by atoms with Gasteiger partial charge in [0.15, 0.2) is 0 Å². The molecular weight excluding hydrogens is 238 g/mol. The van der Waals surface area contributed by atoms with E-state index < -0.39 is 0 Å². The van der Waals surface area contributed by atoms with E-state index in [-0.39, 0.29) is 12.1 Å². The second-order valence-corrected chi connectivity index (χ2v) is 6.49. The van der Waals surface area contributed by atoms with Gasteiger partial charge < -0.3 is 15.3 Å². The minimum absolute atomic E-state index is 0.0731. The van der Waals surface area contributed by atoms with Gasteiger partial charge in [-0.25, -0.2) is 0 Å². The maximum absolute atomic E-state index is 9.90. The van der Waals surface area contributed by atoms with Crippen molar-refractivity contribution in [3.05, 3.63) is 0 Å². The molecule has 2 aliphatic rings. The minimum atomic E-state index is -0.0731. The summed E-state index contributed by atoms with van der Waals surface area (Å²) in [5, 5.41) is 13.3. The van der Waals surface area contributed by atoms with Crippen molar-refractivity contribution >= 4 is 0 Å². The number of nitrogens with one attached hydrogen (secondary N) is 1. The molecule has 0 aromatic carbocycles. The SMILES string of the molecule is CCC1CN(C)CCCN1CC(CO)(NC)C1CC1. The summed E-state index contributed by atoms with van der Waals surface area (Å²) in [6.07, 6.45) is 4.97. The summed E-state index contributed by atoms with van der Waals surface area (Å²) in [5.74, 6) is 0.668. The molecule has 1 aliphatic heterocycles. The molecule has 2 unspecified atom stereocenters. The average Bonchev–Trinajstić information content (AvgIpc) is 3.25. The fourth-order valence-corrected chi connectivity index (χ4v) is 3.56. The van der Waals surface area contributed by atoms with Crippen molar-refractivity contribution in [3.63, 3.8) is 0 Å². The molecule has 0 aromatic heterocycles. The molecule has 112 valence electrons. The van der Waals surface area contributed by atoms with Crippen LogP contribution in [0.1, 0.15) is 32.6 Å². The lowest BCUT2D eigenvalue weighted by atomic mass is 9.92. The standard InChI is InChI=1S/C15H31N3O/c1-4-14-10-17(3)8-5-9-18(14)11-15(12-19,16-2)13-6-7-13/h13-14,16,19H,4-12H2,1-3H3. The van der Waals surface area contributed by atoms with E-state index in [1.165, 1.54) is 38.8 Å². The van der Waals surface area contributed by atoms with E-state index in [4.69, 9.17) is 0 Å². The third-order valence-electron chi connectivity index (χ3n) is 5.12. The van der Waals surface area contributed by atoms with Crippen LogP contribution in [0.2, 0.25) is 0 Å². The predicted octanol–water partition coefficient (Wildman–Crippen LogP) is 0.763. The molecule has 2 rings (SSSR count). The molecule has 4 heteroatoms. The summed E-state index contributed by atoms with van der Waals surface area (Å²) in [5.41, 5.74) is -0.0731. The van der Waals surface area contributed by atoms with Gasteiger partial charge in [-0.2, -0.15) is 0 Å². The smallest absolute Gasteiger partial charge is 0.0628 e. The lowest BCUT2D eigenvalue weighted by Crippen LogP contribution is -2.58. The molecule has 2 atom stereocenters. The Kier molecular flexibility index (Phi) is 5.23. The van der Waals surface area contributed by atoms with Crippen molar-refractivity contribution < 1.29 is 5.11 Å². The monoisotopic (exact) mass is 269 g/mol. The van der Waals surface area contributed by atoms with E-state index in [1.807, 2.05) is 7.05 Å². The molecule has 1 saturated heterocycles. The van der Waals surface area contributed by atoms with Gasteiger partial charge in [0.1, 0.15) is 0 Å². The second-order valence-electron chi connectivity index (χ2n) is 6.49. The first-order valence-corrected chi connectivity index (χ1v) is 7.87. The molecule has 2 fully saturated rings. The predicted molar refractivity (Wildman–Crippen MR) is 79.4 cm³/mol. The first-order valence-electron chi connectivity index (χ1n) is 7.87. The lowest BCUT2D eigenvalue weighted by molar-refractivity contribution is 0.0739. The van der Waals surface area contributed by atoms with Gasteiger partial charge in [0.2, 0.25) is 0 Å². The number of nitrogens with zero attached hydrogens (tertiary/aromatic N) is 2. The summed E-state index contributed by atoms with van der Waals surface area (Å²) in [6.45, 7) is 7.06. The number of likely N-dealkylation sites (N-methyl/N-ethyl adjacent to an activating group) is 2. The summed E-state index contributed by atoms with van der Waals surface area (Å²) in [4.78, 5) is 5.07. The van der Waals surface area contributed by atoms with Crippen LogP contribution in [0, 0.1) is 5.92 Å². The van der Waals surface area contributed by atoms with E-state index in [9.17, 15) is 5.11 Å². The molecule has 0 radical (unpaired) electrons. The van der Waals surface area contributed by atoms with Gasteiger partial charge in [-0.1, -0.05) is 6.92 Å². The van der Waals surface area contributed by atoms with E-state index in [2.05, 4.69) is 29.1 Å². The zero-order valence-electron chi connectivity index (χ0n) is 12.9. The Balaban J connectivity index is 2.05. The molecule has 1 saturated carbocycles. The summed E-state index contributed by atoms with van der Waals surface area (Å²) >= 11 is 0. The maximum Gasteiger partial charge on any atom is 0.0628 e. The van der Waals surface area contributed by atoms with Crippen LogP contribution in [0.15, 0.2) is 0 Å². The Morgan fingerprint density at radius 3 is 2.58 bits per heavy atom. The Morgan fingerprint density at radius 1 is 1.32 bits per heavy atom. The first-order chi connectivity index (χ1) is 9.15. The van der Waals surface area contributed by atoms with Gasteiger partial charge in [-0.3, -0.25) is 4.90 Å². The van der Waals surface area contributed by atoms with Crippen molar-refractivity contribution in [3.8, 4) is 0 Å². The van der Waals surface area contributed by atoms with Crippen LogP contribution in [-0.4, -0.2) is 73.4 Å². The molecule has 4 nitrogen and oxygen atoms in total. The number of hydrogen-bond acceptors (Lipinski definition) is 4. The van der Waals surface area contributed by atoms with Crippen molar-refractivity contribution in [1.29, 1.82) is 0 Å². The zero-order valence-corrected chi connectivity index (χ0v) is 12.9. The summed E-state index contributed by atoms with van der Waals surface area (Å²) in [7, 11) is 4.24. The third kappa shape index (κ3) is 3.48. The van der Waals surface area contributed by atoms with Crippen LogP contribution in [0.5, 0.6) is 0 Å². The molecule has 0 bridgehead atoms.